The highest BCUT2D eigenvalue weighted by atomic mass is 32.2. The van der Waals surface area contributed by atoms with Crippen molar-refractivity contribution >= 4 is 23.4 Å². The number of pyridine rings is 1. The smallest absolute Gasteiger partial charge is 0.340 e. The maximum absolute atomic E-state index is 12.0. The second-order valence-corrected chi connectivity index (χ2v) is 6.86. The van der Waals surface area contributed by atoms with Crippen LogP contribution in [-0.4, -0.2) is 32.7 Å². The molecule has 0 fully saturated rings. The van der Waals surface area contributed by atoms with Gasteiger partial charge in [0.05, 0.1) is 34.1 Å². The standard InChI is InChI=1S/C19H15N5O5S/c1-3-28-19(25)15-8-13(9-20)18(21-11(15)2)30-10-16-22-23-17(29-16)12-4-6-14(7-5-12)24(26)27/h4-8H,3,10H2,1-2H3. The summed E-state index contributed by atoms with van der Waals surface area (Å²) in [7, 11) is 0. The Kier molecular flexibility index (Phi) is 6.38. The molecule has 11 heteroatoms. The first-order chi connectivity index (χ1) is 14.4. The molecular weight excluding hydrogens is 410 g/mol. The van der Waals surface area contributed by atoms with Crippen molar-refractivity contribution in [2.24, 2.45) is 0 Å². The van der Waals surface area contributed by atoms with Gasteiger partial charge in [-0.3, -0.25) is 10.1 Å². The number of hydrogen-bond acceptors (Lipinski definition) is 10. The number of nitro groups is 1. The van der Waals surface area contributed by atoms with E-state index in [0.29, 0.717) is 22.2 Å². The molecular formula is C19H15N5O5S. The summed E-state index contributed by atoms with van der Waals surface area (Å²) >= 11 is 1.22. The van der Waals surface area contributed by atoms with E-state index in [0.717, 1.165) is 0 Å². The van der Waals surface area contributed by atoms with Crippen molar-refractivity contribution in [3.63, 3.8) is 0 Å². The highest BCUT2D eigenvalue weighted by Gasteiger charge is 2.17. The molecule has 0 atom stereocenters. The number of ether oxygens (including phenoxy) is 1. The van der Waals surface area contributed by atoms with Gasteiger partial charge in [-0.1, -0.05) is 11.8 Å². The van der Waals surface area contributed by atoms with Crippen molar-refractivity contribution in [3.05, 3.63) is 63.2 Å². The topological polar surface area (TPSA) is 145 Å². The van der Waals surface area contributed by atoms with E-state index in [1.807, 2.05) is 6.07 Å². The molecule has 2 heterocycles. The summed E-state index contributed by atoms with van der Waals surface area (Å²) < 4.78 is 10.6. The Hall–Kier alpha value is -3.78. The molecule has 30 heavy (non-hydrogen) atoms. The number of non-ortho nitro benzene ring substituents is 1. The lowest BCUT2D eigenvalue weighted by molar-refractivity contribution is -0.384. The normalized spacial score (nSPS) is 10.4. The first kappa shape index (κ1) is 20.9. The molecule has 0 saturated carbocycles. The molecule has 0 N–H and O–H groups in total. The highest BCUT2D eigenvalue weighted by molar-refractivity contribution is 7.98. The number of thioether (sulfide) groups is 1. The van der Waals surface area contributed by atoms with Crippen LogP contribution in [0.1, 0.15) is 34.4 Å². The summed E-state index contributed by atoms with van der Waals surface area (Å²) in [6.07, 6.45) is 0. The van der Waals surface area contributed by atoms with Gasteiger partial charge in [0.1, 0.15) is 11.1 Å². The van der Waals surface area contributed by atoms with Crippen molar-refractivity contribution in [2.45, 2.75) is 24.6 Å². The molecule has 0 aliphatic rings. The number of carbonyl (C=O) groups is 1. The largest absolute Gasteiger partial charge is 0.462 e. The molecule has 10 nitrogen and oxygen atoms in total. The summed E-state index contributed by atoms with van der Waals surface area (Å²) in [6.45, 7) is 3.59. The first-order valence-electron chi connectivity index (χ1n) is 8.71. The van der Waals surface area contributed by atoms with Crippen LogP contribution in [0.25, 0.3) is 11.5 Å². The van der Waals surface area contributed by atoms with E-state index >= 15 is 0 Å². The van der Waals surface area contributed by atoms with Gasteiger partial charge >= 0.3 is 5.97 Å². The lowest BCUT2D eigenvalue weighted by atomic mass is 10.1. The molecule has 152 valence electrons. The van der Waals surface area contributed by atoms with Crippen LogP contribution < -0.4 is 0 Å². The second kappa shape index (κ2) is 9.15. The molecule has 0 aliphatic heterocycles. The summed E-state index contributed by atoms with van der Waals surface area (Å²) in [4.78, 5) is 26.6. The van der Waals surface area contributed by atoms with Gasteiger partial charge < -0.3 is 9.15 Å². The van der Waals surface area contributed by atoms with Gasteiger partial charge in [0.2, 0.25) is 11.8 Å². The SMILES string of the molecule is CCOC(=O)c1cc(C#N)c(SCc2nnc(-c3ccc([N+](=O)[O-])cc3)o2)nc1C. The molecule has 2 aromatic heterocycles. The molecule has 0 radical (unpaired) electrons. The van der Waals surface area contributed by atoms with Gasteiger partial charge in [-0.15, -0.1) is 10.2 Å². The fourth-order valence-corrected chi connectivity index (χ4v) is 3.31. The van der Waals surface area contributed by atoms with Crippen molar-refractivity contribution in [1.29, 1.82) is 5.26 Å². The summed E-state index contributed by atoms with van der Waals surface area (Å²) in [5, 5.41) is 28.5. The third-order valence-electron chi connectivity index (χ3n) is 3.92. The van der Waals surface area contributed by atoms with Crippen molar-refractivity contribution in [1.82, 2.24) is 15.2 Å². The van der Waals surface area contributed by atoms with Gasteiger partial charge in [0.25, 0.3) is 5.69 Å². The number of nitrogens with zero attached hydrogens (tertiary/aromatic N) is 5. The second-order valence-electron chi connectivity index (χ2n) is 5.90. The minimum Gasteiger partial charge on any atom is -0.462 e. The van der Waals surface area contributed by atoms with Crippen molar-refractivity contribution < 1.29 is 18.9 Å². The van der Waals surface area contributed by atoms with E-state index in [9.17, 15) is 20.2 Å². The van der Waals surface area contributed by atoms with Gasteiger partial charge in [0.15, 0.2) is 0 Å². The van der Waals surface area contributed by atoms with Gasteiger partial charge in [-0.05, 0) is 32.0 Å². The molecule has 0 spiro atoms. The number of nitriles is 1. The number of benzene rings is 1. The zero-order valence-corrected chi connectivity index (χ0v) is 16.8. The fourth-order valence-electron chi connectivity index (χ4n) is 2.47. The maximum Gasteiger partial charge on any atom is 0.340 e. The van der Waals surface area contributed by atoms with Gasteiger partial charge in [-0.2, -0.15) is 5.26 Å². The number of esters is 1. The van der Waals surface area contributed by atoms with Crippen molar-refractivity contribution in [3.8, 4) is 17.5 Å². The molecule has 3 aromatic rings. The average Bonchev–Trinajstić information content (AvgIpc) is 3.21. The van der Waals surface area contributed by atoms with Crippen LogP contribution in [0.15, 0.2) is 39.8 Å². The van der Waals surface area contributed by atoms with E-state index in [1.165, 1.54) is 42.1 Å². The number of carbonyl (C=O) groups excluding carboxylic acids is 1. The van der Waals surface area contributed by atoms with Crippen LogP contribution in [0, 0.1) is 28.4 Å². The summed E-state index contributed by atoms with van der Waals surface area (Å²) in [5.74, 6) is 0.244. The van der Waals surface area contributed by atoms with Gasteiger partial charge in [-0.25, -0.2) is 9.78 Å². The first-order valence-corrected chi connectivity index (χ1v) is 9.70. The van der Waals surface area contributed by atoms with Crippen LogP contribution >= 0.6 is 11.8 Å². The summed E-state index contributed by atoms with van der Waals surface area (Å²) in [5.41, 5.74) is 1.45. The number of rotatable bonds is 7. The zero-order chi connectivity index (χ0) is 21.7. The van der Waals surface area contributed by atoms with Crippen LogP contribution in [-0.2, 0) is 10.5 Å². The quantitative estimate of drug-likeness (QED) is 0.238. The fraction of sp³-hybridized carbons (Fsp3) is 0.211. The minimum atomic E-state index is -0.528. The van der Waals surface area contributed by atoms with E-state index in [-0.39, 0.29) is 35.1 Å². The Morgan fingerprint density at radius 2 is 2.07 bits per heavy atom. The van der Waals surface area contributed by atoms with Gasteiger partial charge in [0, 0.05) is 17.7 Å². The molecule has 0 bridgehead atoms. The lowest BCUT2D eigenvalue weighted by Crippen LogP contribution is -2.09. The Balaban J connectivity index is 1.74. The Morgan fingerprint density at radius 3 is 2.70 bits per heavy atom. The van der Waals surface area contributed by atoms with E-state index in [4.69, 9.17) is 9.15 Å². The Morgan fingerprint density at radius 1 is 1.33 bits per heavy atom. The van der Waals surface area contributed by atoms with Crippen LogP contribution in [0.3, 0.4) is 0 Å². The maximum atomic E-state index is 12.0. The van der Waals surface area contributed by atoms with Crippen LogP contribution in [0.2, 0.25) is 0 Å². The summed E-state index contributed by atoms with van der Waals surface area (Å²) in [6, 6.07) is 9.24. The van der Waals surface area contributed by atoms with E-state index < -0.39 is 10.9 Å². The molecule has 0 unspecified atom stereocenters. The molecule has 0 aliphatic carbocycles. The third-order valence-corrected chi connectivity index (χ3v) is 4.89. The molecule has 0 amide bonds. The van der Waals surface area contributed by atoms with Crippen molar-refractivity contribution in [2.75, 3.05) is 6.61 Å². The predicted octanol–water partition coefficient (Wildman–Crippen LogP) is 3.69. The molecule has 1 aromatic carbocycles. The molecule has 0 saturated heterocycles. The number of hydrogen-bond donors (Lipinski definition) is 0. The van der Waals surface area contributed by atoms with E-state index in [2.05, 4.69) is 15.2 Å². The van der Waals surface area contributed by atoms with Crippen LogP contribution in [0.5, 0.6) is 0 Å². The number of aromatic nitrogens is 3. The minimum absolute atomic E-state index is 0.0363. The average molecular weight is 425 g/mol. The lowest BCUT2D eigenvalue weighted by Gasteiger charge is -2.08. The Labute approximate surface area is 175 Å². The Bertz CT molecular complexity index is 1140. The number of nitro benzene ring substituents is 1. The monoisotopic (exact) mass is 425 g/mol. The predicted molar refractivity (Wildman–Crippen MR) is 106 cm³/mol. The molecule has 3 rings (SSSR count). The zero-order valence-electron chi connectivity index (χ0n) is 16.0. The highest BCUT2D eigenvalue weighted by Crippen LogP contribution is 2.28. The van der Waals surface area contributed by atoms with E-state index in [1.54, 1.807) is 13.8 Å². The number of aryl methyl sites for hydroxylation is 1. The third kappa shape index (κ3) is 4.61. The van der Waals surface area contributed by atoms with Crippen LogP contribution in [0.4, 0.5) is 5.69 Å².